The fourth-order valence-electron chi connectivity index (χ4n) is 3.18. The molecule has 1 aliphatic carbocycles. The molecule has 0 bridgehead atoms. The third-order valence-corrected chi connectivity index (χ3v) is 5.20. The molecule has 1 aromatic carbocycles. The average Bonchev–Trinajstić information content (AvgIpc) is 3.22. The van der Waals surface area contributed by atoms with Gasteiger partial charge in [0.25, 0.3) is 0 Å². The highest BCUT2D eigenvalue weighted by molar-refractivity contribution is 14.0. The third kappa shape index (κ3) is 5.97. The summed E-state index contributed by atoms with van der Waals surface area (Å²) in [7, 11) is 1.80. The van der Waals surface area contributed by atoms with E-state index in [4.69, 9.17) is 21.1 Å². The minimum Gasteiger partial charge on any atom is -0.379 e. The van der Waals surface area contributed by atoms with E-state index in [0.29, 0.717) is 13.2 Å². The molecule has 0 aromatic heterocycles. The van der Waals surface area contributed by atoms with Gasteiger partial charge in [0, 0.05) is 36.7 Å². The molecule has 1 aliphatic heterocycles. The molecular weight excluding hydrogens is 465 g/mol. The Labute approximate surface area is 178 Å². The normalized spacial score (nSPS) is 22.4. The summed E-state index contributed by atoms with van der Waals surface area (Å²) in [4.78, 5) is 4.34. The van der Waals surface area contributed by atoms with Gasteiger partial charge in [-0.25, -0.2) is 0 Å². The van der Waals surface area contributed by atoms with Gasteiger partial charge in [-0.15, -0.1) is 24.0 Å². The van der Waals surface area contributed by atoms with Crippen LogP contribution in [0.25, 0.3) is 0 Å². The number of rotatable bonds is 7. The Balaban J connectivity index is 0.00000243. The fraction of sp³-hybridized carbons (Fsp3) is 0.632. The summed E-state index contributed by atoms with van der Waals surface area (Å²) in [6.07, 6.45) is 3.58. The van der Waals surface area contributed by atoms with E-state index in [1.165, 1.54) is 18.4 Å². The van der Waals surface area contributed by atoms with Crippen molar-refractivity contribution in [3.05, 3.63) is 34.9 Å². The second kappa shape index (κ2) is 10.1. The number of ether oxygens (including phenoxy) is 2. The van der Waals surface area contributed by atoms with Gasteiger partial charge in [-0.1, -0.05) is 23.7 Å². The molecule has 0 spiro atoms. The topological polar surface area (TPSA) is 54.9 Å². The lowest BCUT2D eigenvalue weighted by molar-refractivity contribution is 0.0347. The van der Waals surface area contributed by atoms with Gasteiger partial charge < -0.3 is 20.1 Å². The molecule has 1 saturated carbocycles. The third-order valence-electron chi connectivity index (χ3n) is 4.96. The summed E-state index contributed by atoms with van der Waals surface area (Å²) >= 11 is 6.15. The summed E-state index contributed by atoms with van der Waals surface area (Å²) in [5.74, 6) is 0.812. The highest BCUT2D eigenvalue weighted by atomic mass is 127. The highest BCUT2D eigenvalue weighted by Crippen LogP contribution is 2.48. The molecule has 2 unspecified atom stereocenters. The number of nitrogens with one attached hydrogen (secondary N) is 2. The summed E-state index contributed by atoms with van der Waals surface area (Å²) in [6, 6.07) is 8.38. The summed E-state index contributed by atoms with van der Waals surface area (Å²) < 4.78 is 11.2. The number of guanidine groups is 1. The minimum atomic E-state index is 0. The molecule has 0 amide bonds. The first-order valence-corrected chi connectivity index (χ1v) is 9.42. The van der Waals surface area contributed by atoms with Crippen molar-refractivity contribution in [2.24, 2.45) is 4.99 Å². The van der Waals surface area contributed by atoms with E-state index >= 15 is 0 Å². The van der Waals surface area contributed by atoms with Crippen LogP contribution < -0.4 is 10.6 Å². The predicted molar refractivity (Wildman–Crippen MR) is 117 cm³/mol. The van der Waals surface area contributed by atoms with Crippen molar-refractivity contribution in [2.75, 3.05) is 33.4 Å². The maximum atomic E-state index is 6.15. The van der Waals surface area contributed by atoms with Crippen LogP contribution in [0.5, 0.6) is 0 Å². The van der Waals surface area contributed by atoms with Crippen LogP contribution in [0.2, 0.25) is 5.02 Å². The van der Waals surface area contributed by atoms with Crippen LogP contribution in [-0.2, 0) is 14.9 Å². The molecule has 2 atom stereocenters. The van der Waals surface area contributed by atoms with Crippen molar-refractivity contribution < 1.29 is 9.47 Å². The lowest BCUT2D eigenvalue weighted by atomic mass is 9.96. The van der Waals surface area contributed by atoms with Crippen molar-refractivity contribution in [3.63, 3.8) is 0 Å². The van der Waals surface area contributed by atoms with Gasteiger partial charge in [0.05, 0.1) is 19.3 Å². The first kappa shape index (κ1) is 21.7. The van der Waals surface area contributed by atoms with Crippen LogP contribution in [-0.4, -0.2) is 51.5 Å². The quantitative estimate of drug-likeness (QED) is 0.347. The van der Waals surface area contributed by atoms with Crippen LogP contribution in [0.1, 0.15) is 31.7 Å². The number of benzene rings is 1. The Bertz CT molecular complexity index is 604. The number of hydrogen-bond acceptors (Lipinski definition) is 3. The standard InChI is InChI=1S/C19H28ClN3O2.HI/c1-14(11-25-17-6-9-24-12-17)23-18(21-2)22-13-19(7-8-19)15-4-3-5-16(20)10-15;/h3-5,10,14,17H,6-9,11-13H2,1-2H3,(H2,21,22,23);1H. The zero-order chi connectivity index (χ0) is 17.7. The summed E-state index contributed by atoms with van der Waals surface area (Å²) in [5.41, 5.74) is 1.49. The molecule has 7 heteroatoms. The first-order valence-electron chi connectivity index (χ1n) is 9.04. The molecular formula is C19H29ClIN3O2. The van der Waals surface area contributed by atoms with Crippen LogP contribution in [0.15, 0.2) is 29.3 Å². The number of halogens is 2. The smallest absolute Gasteiger partial charge is 0.191 e. The predicted octanol–water partition coefficient (Wildman–Crippen LogP) is 3.35. The van der Waals surface area contributed by atoms with E-state index < -0.39 is 0 Å². The van der Waals surface area contributed by atoms with Gasteiger partial charge in [-0.2, -0.15) is 0 Å². The van der Waals surface area contributed by atoms with Gasteiger partial charge in [-0.05, 0) is 43.9 Å². The Kier molecular flexibility index (Phi) is 8.44. The maximum absolute atomic E-state index is 6.15. The molecule has 0 radical (unpaired) electrons. The van der Waals surface area contributed by atoms with Crippen LogP contribution in [0.4, 0.5) is 0 Å². The number of nitrogens with zero attached hydrogens (tertiary/aromatic N) is 1. The molecule has 146 valence electrons. The number of hydrogen-bond donors (Lipinski definition) is 2. The van der Waals surface area contributed by atoms with Crippen molar-refractivity contribution in [2.45, 2.75) is 43.7 Å². The molecule has 2 fully saturated rings. The lowest BCUT2D eigenvalue weighted by Crippen LogP contribution is -2.46. The van der Waals surface area contributed by atoms with E-state index in [9.17, 15) is 0 Å². The van der Waals surface area contributed by atoms with Gasteiger partial charge in [-0.3, -0.25) is 4.99 Å². The molecule has 26 heavy (non-hydrogen) atoms. The van der Waals surface area contributed by atoms with Crippen molar-refractivity contribution in [1.29, 1.82) is 0 Å². The highest BCUT2D eigenvalue weighted by Gasteiger charge is 2.44. The Morgan fingerprint density at radius 1 is 1.46 bits per heavy atom. The average molecular weight is 494 g/mol. The van der Waals surface area contributed by atoms with Gasteiger partial charge >= 0.3 is 0 Å². The second-order valence-electron chi connectivity index (χ2n) is 7.08. The summed E-state index contributed by atoms with van der Waals surface area (Å²) in [5, 5.41) is 7.66. The molecule has 1 heterocycles. The van der Waals surface area contributed by atoms with E-state index in [-0.39, 0.29) is 41.5 Å². The molecule has 5 nitrogen and oxygen atoms in total. The van der Waals surface area contributed by atoms with Crippen LogP contribution in [0.3, 0.4) is 0 Å². The minimum absolute atomic E-state index is 0. The van der Waals surface area contributed by atoms with E-state index in [2.05, 4.69) is 34.7 Å². The fourth-order valence-corrected chi connectivity index (χ4v) is 3.37. The van der Waals surface area contributed by atoms with Crippen molar-refractivity contribution in [1.82, 2.24) is 10.6 Å². The Morgan fingerprint density at radius 3 is 2.88 bits per heavy atom. The summed E-state index contributed by atoms with van der Waals surface area (Å²) in [6.45, 7) is 5.13. The van der Waals surface area contributed by atoms with Crippen molar-refractivity contribution in [3.8, 4) is 0 Å². The monoisotopic (exact) mass is 493 g/mol. The molecule has 2 aliphatic rings. The van der Waals surface area contributed by atoms with E-state index in [1.807, 2.05) is 12.1 Å². The van der Waals surface area contributed by atoms with Gasteiger partial charge in [0.2, 0.25) is 0 Å². The Morgan fingerprint density at radius 2 is 2.27 bits per heavy atom. The zero-order valence-corrected chi connectivity index (χ0v) is 18.6. The largest absolute Gasteiger partial charge is 0.379 e. The van der Waals surface area contributed by atoms with Gasteiger partial charge in [0.1, 0.15) is 0 Å². The lowest BCUT2D eigenvalue weighted by Gasteiger charge is -2.22. The van der Waals surface area contributed by atoms with Gasteiger partial charge in [0.15, 0.2) is 5.96 Å². The molecule has 3 rings (SSSR count). The molecule has 1 aromatic rings. The van der Waals surface area contributed by atoms with Crippen molar-refractivity contribution >= 4 is 41.5 Å². The van der Waals surface area contributed by atoms with Crippen LogP contribution in [0, 0.1) is 0 Å². The van der Waals surface area contributed by atoms with E-state index in [0.717, 1.165) is 30.6 Å². The Hall–Kier alpha value is -0.570. The second-order valence-corrected chi connectivity index (χ2v) is 7.52. The maximum Gasteiger partial charge on any atom is 0.191 e. The molecule has 2 N–H and O–H groups in total. The first-order chi connectivity index (χ1) is 12.1. The zero-order valence-electron chi connectivity index (χ0n) is 15.5. The SMILES string of the molecule is CN=C(NCC1(c2cccc(Cl)c2)CC1)NC(C)COC1CCOC1.I. The number of aliphatic imine (C=N–C) groups is 1. The molecule has 1 saturated heterocycles. The van der Waals surface area contributed by atoms with Crippen LogP contribution >= 0.6 is 35.6 Å². The van der Waals surface area contributed by atoms with E-state index in [1.54, 1.807) is 7.05 Å².